The van der Waals surface area contributed by atoms with Crippen molar-refractivity contribution < 1.29 is 19.1 Å². The zero-order valence-corrected chi connectivity index (χ0v) is 12.0. The molecule has 0 aromatic rings. The maximum absolute atomic E-state index is 11.9. The molecule has 0 N–H and O–H groups in total. The van der Waals surface area contributed by atoms with Gasteiger partial charge in [-0.3, -0.25) is 9.59 Å². The Morgan fingerprint density at radius 1 is 1.33 bits per heavy atom. The standard InChI is InChI=1S/C14H24O4/c1-7-9-11(13(16)17-8-2)12(14(4,5)6)18-10(3)15/h7,11-12H,1,8-9H2,2-6H3/t11-,12+/m0/s1. The molecule has 0 aliphatic rings. The molecule has 0 saturated heterocycles. The molecule has 0 fully saturated rings. The predicted molar refractivity (Wildman–Crippen MR) is 69.9 cm³/mol. The fourth-order valence-electron chi connectivity index (χ4n) is 1.81. The van der Waals surface area contributed by atoms with Crippen LogP contribution in [0.15, 0.2) is 12.7 Å². The lowest BCUT2D eigenvalue weighted by Crippen LogP contribution is -2.42. The number of hydrogen-bond acceptors (Lipinski definition) is 4. The van der Waals surface area contributed by atoms with Gasteiger partial charge in [-0.2, -0.15) is 0 Å². The highest BCUT2D eigenvalue weighted by atomic mass is 16.6. The zero-order valence-electron chi connectivity index (χ0n) is 12.0. The van der Waals surface area contributed by atoms with Gasteiger partial charge in [-0.15, -0.1) is 6.58 Å². The van der Waals surface area contributed by atoms with Crippen molar-refractivity contribution in [3.8, 4) is 0 Å². The first kappa shape index (κ1) is 16.7. The van der Waals surface area contributed by atoms with Crippen molar-refractivity contribution in [3.05, 3.63) is 12.7 Å². The van der Waals surface area contributed by atoms with Crippen LogP contribution in [-0.2, 0) is 19.1 Å². The molecule has 2 atom stereocenters. The van der Waals surface area contributed by atoms with Gasteiger partial charge in [-0.05, 0) is 18.8 Å². The van der Waals surface area contributed by atoms with Crippen molar-refractivity contribution in [2.45, 2.75) is 47.1 Å². The maximum atomic E-state index is 11.9. The van der Waals surface area contributed by atoms with Crippen LogP contribution in [0.3, 0.4) is 0 Å². The van der Waals surface area contributed by atoms with E-state index in [2.05, 4.69) is 6.58 Å². The summed E-state index contributed by atoms with van der Waals surface area (Å²) < 4.78 is 10.3. The van der Waals surface area contributed by atoms with E-state index in [1.54, 1.807) is 13.0 Å². The van der Waals surface area contributed by atoms with E-state index in [0.29, 0.717) is 13.0 Å². The lowest BCUT2D eigenvalue weighted by atomic mass is 9.79. The molecule has 0 rings (SSSR count). The first-order valence-corrected chi connectivity index (χ1v) is 6.18. The van der Waals surface area contributed by atoms with Crippen molar-refractivity contribution in [1.82, 2.24) is 0 Å². The lowest BCUT2D eigenvalue weighted by molar-refractivity contribution is -0.167. The van der Waals surface area contributed by atoms with Crippen LogP contribution >= 0.6 is 0 Å². The molecule has 0 spiro atoms. The van der Waals surface area contributed by atoms with E-state index in [0.717, 1.165) is 0 Å². The van der Waals surface area contributed by atoms with Gasteiger partial charge in [0.1, 0.15) is 6.10 Å². The lowest BCUT2D eigenvalue weighted by Gasteiger charge is -2.34. The summed E-state index contributed by atoms with van der Waals surface area (Å²) in [5.74, 6) is -1.25. The van der Waals surface area contributed by atoms with E-state index in [9.17, 15) is 9.59 Å². The minimum atomic E-state index is -0.521. The minimum absolute atomic E-state index is 0.309. The smallest absolute Gasteiger partial charge is 0.313 e. The average molecular weight is 256 g/mol. The summed E-state index contributed by atoms with van der Waals surface area (Å²) in [6.45, 7) is 12.8. The second-order valence-electron chi connectivity index (χ2n) is 5.28. The quantitative estimate of drug-likeness (QED) is 0.541. The molecule has 0 bridgehead atoms. The molecule has 0 saturated carbocycles. The topological polar surface area (TPSA) is 52.6 Å². The summed E-state index contributed by atoms with van der Waals surface area (Å²) in [7, 11) is 0. The summed E-state index contributed by atoms with van der Waals surface area (Å²) in [6, 6.07) is 0. The fourth-order valence-corrected chi connectivity index (χ4v) is 1.81. The first-order chi connectivity index (χ1) is 8.23. The maximum Gasteiger partial charge on any atom is 0.313 e. The summed E-state index contributed by atoms with van der Waals surface area (Å²) in [5.41, 5.74) is -0.341. The molecule has 0 radical (unpaired) electrons. The van der Waals surface area contributed by atoms with Crippen molar-refractivity contribution in [1.29, 1.82) is 0 Å². The van der Waals surface area contributed by atoms with Crippen LogP contribution in [0.4, 0.5) is 0 Å². The normalized spacial score (nSPS) is 14.5. The largest absolute Gasteiger partial charge is 0.466 e. The summed E-state index contributed by atoms with van der Waals surface area (Å²) in [4.78, 5) is 23.1. The molecule has 0 aliphatic heterocycles. The second kappa shape index (κ2) is 7.19. The molecular formula is C14H24O4. The molecule has 0 aromatic heterocycles. The molecule has 0 unspecified atom stereocenters. The Labute approximate surface area is 109 Å². The van der Waals surface area contributed by atoms with Crippen LogP contribution in [0.1, 0.15) is 41.0 Å². The van der Waals surface area contributed by atoms with Gasteiger partial charge in [0.15, 0.2) is 0 Å². The predicted octanol–water partition coefficient (Wildman–Crippen LogP) is 2.72. The Kier molecular flexibility index (Phi) is 6.66. The van der Waals surface area contributed by atoms with E-state index in [1.165, 1.54) is 6.92 Å². The molecule has 18 heavy (non-hydrogen) atoms. The highest BCUT2D eigenvalue weighted by molar-refractivity contribution is 5.74. The van der Waals surface area contributed by atoms with Gasteiger partial charge in [0.25, 0.3) is 0 Å². The third-order valence-corrected chi connectivity index (χ3v) is 2.52. The molecule has 0 aliphatic carbocycles. The second-order valence-corrected chi connectivity index (χ2v) is 5.28. The van der Waals surface area contributed by atoms with Crippen LogP contribution in [0.25, 0.3) is 0 Å². The van der Waals surface area contributed by atoms with Crippen LogP contribution in [0, 0.1) is 11.3 Å². The number of ether oxygens (including phenoxy) is 2. The minimum Gasteiger partial charge on any atom is -0.466 e. The summed E-state index contributed by atoms with van der Waals surface area (Å²) in [5, 5.41) is 0. The summed E-state index contributed by atoms with van der Waals surface area (Å²) in [6.07, 6.45) is 1.55. The Bertz CT molecular complexity index is 301. The van der Waals surface area contributed by atoms with Crippen LogP contribution in [-0.4, -0.2) is 24.6 Å². The Hall–Kier alpha value is -1.32. The van der Waals surface area contributed by atoms with Gasteiger partial charge in [0.2, 0.25) is 0 Å². The highest BCUT2D eigenvalue weighted by Crippen LogP contribution is 2.31. The highest BCUT2D eigenvalue weighted by Gasteiger charge is 2.39. The van der Waals surface area contributed by atoms with Crippen LogP contribution < -0.4 is 0 Å². The molecule has 4 nitrogen and oxygen atoms in total. The van der Waals surface area contributed by atoms with Gasteiger partial charge in [-0.25, -0.2) is 0 Å². The average Bonchev–Trinajstić information content (AvgIpc) is 2.21. The van der Waals surface area contributed by atoms with Crippen LogP contribution in [0.5, 0.6) is 0 Å². The molecule has 104 valence electrons. The Balaban J connectivity index is 5.14. The fraction of sp³-hybridized carbons (Fsp3) is 0.714. The Morgan fingerprint density at radius 2 is 1.89 bits per heavy atom. The Morgan fingerprint density at radius 3 is 2.22 bits per heavy atom. The molecule has 0 aromatic carbocycles. The van der Waals surface area contributed by atoms with E-state index in [4.69, 9.17) is 9.47 Å². The number of allylic oxidation sites excluding steroid dienone is 1. The van der Waals surface area contributed by atoms with E-state index in [-0.39, 0.29) is 11.4 Å². The van der Waals surface area contributed by atoms with E-state index in [1.807, 2.05) is 20.8 Å². The van der Waals surface area contributed by atoms with Crippen molar-refractivity contribution in [2.24, 2.45) is 11.3 Å². The van der Waals surface area contributed by atoms with Crippen molar-refractivity contribution in [2.75, 3.05) is 6.61 Å². The third-order valence-electron chi connectivity index (χ3n) is 2.52. The van der Waals surface area contributed by atoms with Gasteiger partial charge >= 0.3 is 11.9 Å². The summed E-state index contributed by atoms with van der Waals surface area (Å²) >= 11 is 0. The number of carbonyl (C=O) groups excluding carboxylic acids is 2. The van der Waals surface area contributed by atoms with Gasteiger partial charge in [0.05, 0.1) is 12.5 Å². The number of carbonyl (C=O) groups is 2. The number of hydrogen-bond donors (Lipinski definition) is 0. The monoisotopic (exact) mass is 256 g/mol. The SMILES string of the molecule is C=CC[C@H](C(=O)OCC)[C@@H](OC(C)=O)C(C)(C)C. The third kappa shape index (κ3) is 5.34. The number of esters is 2. The molecule has 4 heteroatoms. The zero-order chi connectivity index (χ0) is 14.3. The molecule has 0 heterocycles. The van der Waals surface area contributed by atoms with E-state index >= 15 is 0 Å². The molecular weight excluding hydrogens is 232 g/mol. The number of rotatable bonds is 6. The van der Waals surface area contributed by atoms with Crippen LogP contribution in [0.2, 0.25) is 0 Å². The van der Waals surface area contributed by atoms with Gasteiger partial charge in [-0.1, -0.05) is 26.8 Å². The van der Waals surface area contributed by atoms with E-state index < -0.39 is 18.0 Å². The van der Waals surface area contributed by atoms with Gasteiger partial charge in [0, 0.05) is 6.92 Å². The van der Waals surface area contributed by atoms with Gasteiger partial charge < -0.3 is 9.47 Å². The first-order valence-electron chi connectivity index (χ1n) is 6.18. The van der Waals surface area contributed by atoms with Crippen molar-refractivity contribution >= 4 is 11.9 Å². The van der Waals surface area contributed by atoms with Crippen molar-refractivity contribution in [3.63, 3.8) is 0 Å². The molecule has 0 amide bonds.